The van der Waals surface area contributed by atoms with Crippen molar-refractivity contribution in [1.29, 1.82) is 0 Å². The molecule has 0 spiro atoms. The molecule has 0 aromatic heterocycles. The molecule has 2 aliphatic heterocycles. The van der Waals surface area contributed by atoms with Crippen molar-refractivity contribution in [3.63, 3.8) is 0 Å². The molecule has 3 rings (SSSR count). The third-order valence-corrected chi connectivity index (χ3v) is 9.68. The van der Waals surface area contributed by atoms with Crippen molar-refractivity contribution in [3.05, 3.63) is 27.8 Å². The minimum atomic E-state index is -3.72. The SMILES string of the molecule is Cc1c(C)c(C)c(S(=O)(=O)NCCC(=O)N2CCC(C(=O)N3CCCCCC3)CC2)c(C)c1C. The number of piperidine rings is 1. The van der Waals surface area contributed by atoms with Gasteiger partial charge in [0.2, 0.25) is 21.8 Å². The molecule has 190 valence electrons. The smallest absolute Gasteiger partial charge is 0.241 e. The summed E-state index contributed by atoms with van der Waals surface area (Å²) >= 11 is 0. The Balaban J connectivity index is 1.52. The van der Waals surface area contributed by atoms with Gasteiger partial charge in [0.25, 0.3) is 0 Å². The number of carbonyl (C=O) groups is 2. The first-order chi connectivity index (χ1) is 16.0. The maximum atomic E-state index is 13.1. The lowest BCUT2D eigenvalue weighted by atomic mass is 9.95. The van der Waals surface area contributed by atoms with E-state index in [1.54, 1.807) is 4.90 Å². The van der Waals surface area contributed by atoms with Crippen LogP contribution in [0.1, 0.15) is 72.8 Å². The summed E-state index contributed by atoms with van der Waals surface area (Å²) in [6.07, 6.45) is 6.05. The molecule has 0 unspecified atom stereocenters. The lowest BCUT2D eigenvalue weighted by molar-refractivity contribution is -0.140. The topological polar surface area (TPSA) is 86.8 Å². The van der Waals surface area contributed by atoms with Crippen LogP contribution in [0.4, 0.5) is 0 Å². The molecule has 1 aromatic carbocycles. The average Bonchev–Trinajstić information content (AvgIpc) is 3.10. The fraction of sp³-hybridized carbons (Fsp3) is 0.692. The number of hydrogen-bond donors (Lipinski definition) is 1. The molecule has 1 N–H and O–H groups in total. The van der Waals surface area contributed by atoms with Crippen LogP contribution in [0.3, 0.4) is 0 Å². The van der Waals surface area contributed by atoms with E-state index in [4.69, 9.17) is 0 Å². The zero-order chi connectivity index (χ0) is 25.0. The highest BCUT2D eigenvalue weighted by atomic mass is 32.2. The van der Waals surface area contributed by atoms with Crippen molar-refractivity contribution in [2.75, 3.05) is 32.7 Å². The Kier molecular flexibility index (Phi) is 8.79. The summed E-state index contributed by atoms with van der Waals surface area (Å²) in [6, 6.07) is 0. The van der Waals surface area contributed by atoms with Gasteiger partial charge < -0.3 is 9.80 Å². The normalized spacial score (nSPS) is 18.1. The predicted molar refractivity (Wildman–Crippen MR) is 134 cm³/mol. The molecule has 8 heteroatoms. The van der Waals surface area contributed by atoms with Gasteiger partial charge >= 0.3 is 0 Å². The summed E-state index contributed by atoms with van der Waals surface area (Å²) in [6.45, 7) is 12.5. The molecule has 2 fully saturated rings. The van der Waals surface area contributed by atoms with Gasteiger partial charge in [-0.15, -0.1) is 0 Å². The van der Waals surface area contributed by atoms with E-state index in [1.807, 2.05) is 39.5 Å². The monoisotopic (exact) mass is 491 g/mol. The first kappa shape index (κ1) is 26.7. The van der Waals surface area contributed by atoms with E-state index in [9.17, 15) is 18.0 Å². The largest absolute Gasteiger partial charge is 0.343 e. The maximum absolute atomic E-state index is 13.1. The van der Waals surface area contributed by atoms with E-state index in [-0.39, 0.29) is 30.7 Å². The lowest BCUT2D eigenvalue weighted by Gasteiger charge is -2.34. The van der Waals surface area contributed by atoms with Crippen LogP contribution in [0.15, 0.2) is 4.90 Å². The van der Waals surface area contributed by atoms with Crippen molar-refractivity contribution in [3.8, 4) is 0 Å². The highest BCUT2D eigenvalue weighted by Crippen LogP contribution is 2.29. The predicted octanol–water partition coefficient (Wildman–Crippen LogP) is 3.54. The summed E-state index contributed by atoms with van der Waals surface area (Å²) in [5.41, 5.74) is 4.60. The molecule has 2 amide bonds. The molecule has 34 heavy (non-hydrogen) atoms. The van der Waals surface area contributed by atoms with Gasteiger partial charge in [0.05, 0.1) is 4.90 Å². The summed E-state index contributed by atoms with van der Waals surface area (Å²) in [7, 11) is -3.72. The number of likely N-dealkylation sites (tertiary alicyclic amines) is 2. The summed E-state index contributed by atoms with van der Waals surface area (Å²) in [5.74, 6) is 0.184. The van der Waals surface area contributed by atoms with Crippen molar-refractivity contribution in [1.82, 2.24) is 14.5 Å². The van der Waals surface area contributed by atoms with Crippen LogP contribution in [0.25, 0.3) is 0 Å². The van der Waals surface area contributed by atoms with Crippen molar-refractivity contribution >= 4 is 21.8 Å². The minimum Gasteiger partial charge on any atom is -0.343 e. The molecule has 0 aliphatic carbocycles. The fourth-order valence-electron chi connectivity index (χ4n) is 5.32. The van der Waals surface area contributed by atoms with E-state index in [2.05, 4.69) is 4.72 Å². The van der Waals surface area contributed by atoms with Crippen LogP contribution in [-0.4, -0.2) is 62.8 Å². The molecule has 0 saturated carbocycles. The molecule has 1 aromatic rings. The Morgan fingerprint density at radius 1 is 0.765 bits per heavy atom. The number of nitrogens with one attached hydrogen (secondary N) is 1. The van der Waals surface area contributed by atoms with Crippen molar-refractivity contribution in [2.24, 2.45) is 5.92 Å². The molecule has 2 aliphatic rings. The van der Waals surface area contributed by atoms with E-state index >= 15 is 0 Å². The van der Waals surface area contributed by atoms with E-state index in [0.29, 0.717) is 30.8 Å². The van der Waals surface area contributed by atoms with Gasteiger partial charge in [0, 0.05) is 45.1 Å². The molecule has 2 saturated heterocycles. The van der Waals surface area contributed by atoms with E-state index in [1.165, 1.54) is 12.8 Å². The van der Waals surface area contributed by atoms with Gasteiger partial charge in [-0.25, -0.2) is 13.1 Å². The Labute approximate surface area is 205 Å². The zero-order valence-corrected chi connectivity index (χ0v) is 22.3. The number of amides is 2. The molecule has 0 atom stereocenters. The second kappa shape index (κ2) is 11.2. The number of rotatable bonds is 6. The molecular weight excluding hydrogens is 450 g/mol. The minimum absolute atomic E-state index is 0.000352. The standard InChI is InChI=1S/C26H41N3O4S/c1-18-19(2)21(4)25(22(5)20(18)3)34(32,33)27-13-10-24(30)28-16-11-23(12-17-28)26(31)29-14-8-6-7-9-15-29/h23,27H,6-17H2,1-5H3. The Bertz CT molecular complexity index is 990. The molecule has 0 bridgehead atoms. The maximum Gasteiger partial charge on any atom is 0.241 e. The molecule has 0 radical (unpaired) electrons. The first-order valence-corrected chi connectivity index (χ1v) is 14.2. The van der Waals surface area contributed by atoms with Crippen LogP contribution in [0, 0.1) is 40.5 Å². The van der Waals surface area contributed by atoms with Gasteiger partial charge in [0.15, 0.2) is 0 Å². The Morgan fingerprint density at radius 2 is 1.26 bits per heavy atom. The van der Waals surface area contributed by atoms with Gasteiger partial charge in [-0.2, -0.15) is 0 Å². The number of hydrogen-bond acceptors (Lipinski definition) is 4. The second-order valence-corrected chi connectivity index (χ2v) is 11.7. The van der Waals surface area contributed by atoms with Crippen LogP contribution in [0.2, 0.25) is 0 Å². The molecule has 2 heterocycles. The van der Waals surface area contributed by atoms with Crippen LogP contribution in [0.5, 0.6) is 0 Å². The number of nitrogens with zero attached hydrogens (tertiary/aromatic N) is 2. The summed E-state index contributed by atoms with van der Waals surface area (Å²) < 4.78 is 28.8. The van der Waals surface area contributed by atoms with Gasteiger partial charge in [-0.05, 0) is 88.1 Å². The fourth-order valence-corrected chi connectivity index (χ4v) is 6.94. The third-order valence-electron chi connectivity index (χ3n) is 7.95. The number of benzene rings is 1. The van der Waals surface area contributed by atoms with Gasteiger partial charge in [-0.1, -0.05) is 12.8 Å². The second-order valence-electron chi connectivity index (χ2n) is 10.00. The summed E-state index contributed by atoms with van der Waals surface area (Å²) in [4.78, 5) is 29.7. The van der Waals surface area contributed by atoms with E-state index in [0.717, 1.165) is 53.7 Å². The van der Waals surface area contributed by atoms with Crippen LogP contribution < -0.4 is 4.72 Å². The summed E-state index contributed by atoms with van der Waals surface area (Å²) in [5, 5.41) is 0. The first-order valence-electron chi connectivity index (χ1n) is 12.7. The highest BCUT2D eigenvalue weighted by molar-refractivity contribution is 7.89. The molecule has 7 nitrogen and oxygen atoms in total. The van der Waals surface area contributed by atoms with Crippen LogP contribution >= 0.6 is 0 Å². The molecular formula is C26H41N3O4S. The van der Waals surface area contributed by atoms with Gasteiger partial charge in [-0.3, -0.25) is 9.59 Å². The van der Waals surface area contributed by atoms with Crippen molar-refractivity contribution in [2.45, 2.75) is 84.5 Å². The lowest BCUT2D eigenvalue weighted by Crippen LogP contribution is -2.45. The number of carbonyl (C=O) groups excluding carboxylic acids is 2. The Hall–Kier alpha value is -1.93. The van der Waals surface area contributed by atoms with Crippen LogP contribution in [-0.2, 0) is 19.6 Å². The van der Waals surface area contributed by atoms with Gasteiger partial charge in [0.1, 0.15) is 0 Å². The Morgan fingerprint density at radius 3 is 1.79 bits per heavy atom. The zero-order valence-electron chi connectivity index (χ0n) is 21.5. The number of sulfonamides is 1. The average molecular weight is 492 g/mol. The van der Waals surface area contributed by atoms with Crippen molar-refractivity contribution < 1.29 is 18.0 Å². The third kappa shape index (κ3) is 5.82. The van der Waals surface area contributed by atoms with E-state index < -0.39 is 10.0 Å². The highest BCUT2D eigenvalue weighted by Gasteiger charge is 2.30. The quantitative estimate of drug-likeness (QED) is 0.659.